The Morgan fingerprint density at radius 1 is 1.55 bits per heavy atom. The fourth-order valence-corrected chi connectivity index (χ4v) is 1.27. The van der Waals surface area contributed by atoms with Crippen molar-refractivity contribution in [3.05, 3.63) is 28.2 Å². The molecule has 3 heteroatoms. The lowest BCUT2D eigenvalue weighted by Gasteiger charge is -2.04. The van der Waals surface area contributed by atoms with Crippen molar-refractivity contribution in [3.8, 4) is 5.75 Å². The first-order valence-corrected chi connectivity index (χ1v) is 3.97. The fourth-order valence-electron chi connectivity index (χ4n) is 0.860. The zero-order chi connectivity index (χ0) is 8.27. The smallest absolute Gasteiger partial charge is 0.124 e. The molecule has 0 aliphatic rings. The van der Waals surface area contributed by atoms with Crippen molar-refractivity contribution in [3.63, 3.8) is 0 Å². The average molecular weight is 216 g/mol. The van der Waals surface area contributed by atoms with Crippen molar-refractivity contribution < 1.29 is 9.84 Å². The van der Waals surface area contributed by atoms with Crippen LogP contribution in [-0.2, 0) is 11.7 Å². The van der Waals surface area contributed by atoms with Gasteiger partial charge in [0.15, 0.2) is 0 Å². The van der Waals surface area contributed by atoms with Crippen LogP contribution in [0.5, 0.6) is 5.75 Å². The van der Waals surface area contributed by atoms with Gasteiger partial charge in [0.2, 0.25) is 0 Å². The number of ether oxygens (including phenoxy) is 1. The second-order valence-corrected chi connectivity index (χ2v) is 3.02. The van der Waals surface area contributed by atoms with E-state index in [-0.39, 0.29) is 6.61 Å². The molecule has 0 bridgehead atoms. The topological polar surface area (TPSA) is 29.1 Å². The quantitative estimate of drug-likeness (QED) is 0.746. The Morgan fingerprint density at radius 2 is 2.27 bits per heavy atom. The average Bonchev–Trinajstić information content (AvgIpc) is 2.04. The molecule has 2 nitrogen and oxygen atoms in total. The van der Waals surface area contributed by atoms with Gasteiger partial charge in [-0.3, -0.25) is 0 Å². The molecule has 11 heavy (non-hydrogen) atoms. The van der Waals surface area contributed by atoms with E-state index in [0.717, 1.165) is 4.47 Å². The van der Waals surface area contributed by atoms with Gasteiger partial charge >= 0.3 is 0 Å². The number of benzene rings is 1. The summed E-state index contributed by atoms with van der Waals surface area (Å²) < 4.78 is 5.88. The molecule has 0 aliphatic carbocycles. The Kier molecular flexibility index (Phi) is 2.91. The monoisotopic (exact) mass is 215 g/mol. The van der Waals surface area contributed by atoms with Crippen LogP contribution in [0.1, 0.15) is 5.56 Å². The van der Waals surface area contributed by atoms with Gasteiger partial charge in [-0.2, -0.15) is 0 Å². The van der Waals surface area contributed by atoms with Gasteiger partial charge in [0.25, 0.3) is 0 Å². The van der Waals surface area contributed by atoms with E-state index < -0.39 is 0 Å². The summed E-state index contributed by atoms with van der Waals surface area (Å²) in [6, 6.07) is 5.39. The minimum Gasteiger partial charge on any atom is -0.496 e. The zero-order valence-electron chi connectivity index (χ0n) is 6.13. The highest BCUT2D eigenvalue weighted by molar-refractivity contribution is 9.10. The summed E-state index contributed by atoms with van der Waals surface area (Å²) in [5, 5.41) is 10.6. The van der Waals surface area contributed by atoms with E-state index in [9.17, 15) is 5.11 Å². The van der Waals surface area contributed by atoms with E-state index in [1.807, 2.05) is 6.07 Å². The lowest BCUT2D eigenvalue weighted by atomic mass is 10.2. The second kappa shape index (κ2) is 3.74. The minimum absolute atomic E-state index is 0.247. The molecular weight excluding hydrogens is 208 g/mol. The molecule has 1 aromatic rings. The lowest BCUT2D eigenvalue weighted by Crippen LogP contribution is -1.90. The van der Waals surface area contributed by atoms with Gasteiger partial charge in [0.1, 0.15) is 12.4 Å². The van der Waals surface area contributed by atoms with Crippen LogP contribution in [0.4, 0.5) is 0 Å². The lowest BCUT2D eigenvalue weighted by molar-refractivity contribution is 0.174. The van der Waals surface area contributed by atoms with Crippen LogP contribution in [0.15, 0.2) is 22.7 Å². The van der Waals surface area contributed by atoms with Crippen LogP contribution in [0.3, 0.4) is 0 Å². The highest BCUT2D eigenvalue weighted by Crippen LogP contribution is 2.22. The van der Waals surface area contributed by atoms with E-state index in [4.69, 9.17) is 4.74 Å². The van der Waals surface area contributed by atoms with Crippen LogP contribution < -0.4 is 4.74 Å². The molecular formula is C8H8BrO2. The van der Waals surface area contributed by atoms with E-state index in [0.29, 0.717) is 11.3 Å². The third kappa shape index (κ3) is 1.94. The summed E-state index contributed by atoms with van der Waals surface area (Å²) in [7, 11) is 1.56. The Morgan fingerprint density at radius 3 is 2.82 bits per heavy atom. The summed E-state index contributed by atoms with van der Waals surface area (Å²) in [5.74, 6) is 0.656. The van der Waals surface area contributed by atoms with Crippen LogP contribution in [0, 0.1) is 0 Å². The summed E-state index contributed by atoms with van der Waals surface area (Å²) >= 11 is 3.27. The third-order valence-corrected chi connectivity index (χ3v) is 1.89. The number of hydrogen-bond acceptors (Lipinski definition) is 1. The van der Waals surface area contributed by atoms with E-state index in [2.05, 4.69) is 15.9 Å². The maximum absolute atomic E-state index is 10.6. The van der Waals surface area contributed by atoms with Gasteiger partial charge in [-0.25, -0.2) is 5.11 Å². The molecule has 0 amide bonds. The normalized spacial score (nSPS) is 9.73. The molecule has 0 aliphatic heterocycles. The molecule has 59 valence electrons. The van der Waals surface area contributed by atoms with Crippen LogP contribution >= 0.6 is 15.9 Å². The molecule has 0 fully saturated rings. The summed E-state index contributed by atoms with van der Waals surface area (Å²) in [6.07, 6.45) is 0. The van der Waals surface area contributed by atoms with Crippen molar-refractivity contribution >= 4 is 15.9 Å². The van der Waals surface area contributed by atoms with E-state index >= 15 is 0 Å². The molecule has 0 N–H and O–H groups in total. The molecule has 0 atom stereocenters. The first-order chi connectivity index (χ1) is 5.27. The third-order valence-electron chi connectivity index (χ3n) is 1.40. The standard InChI is InChI=1S/C8H8BrO2/c1-11-8-3-2-7(9)4-6(8)5-10/h2-4H,5H2,1H3. The van der Waals surface area contributed by atoms with E-state index in [1.165, 1.54) is 0 Å². The molecule has 0 unspecified atom stereocenters. The highest BCUT2D eigenvalue weighted by Gasteiger charge is 2.01. The highest BCUT2D eigenvalue weighted by atomic mass is 79.9. The maximum Gasteiger partial charge on any atom is 0.124 e. The molecule has 0 heterocycles. The van der Waals surface area contributed by atoms with Gasteiger partial charge in [-0.15, -0.1) is 0 Å². The van der Waals surface area contributed by atoms with Gasteiger partial charge in [0.05, 0.1) is 7.11 Å². The van der Waals surface area contributed by atoms with Gasteiger partial charge in [-0.1, -0.05) is 15.9 Å². The molecule has 0 saturated heterocycles. The molecule has 1 aromatic carbocycles. The minimum atomic E-state index is -0.247. The van der Waals surface area contributed by atoms with Crippen molar-refractivity contribution in [1.29, 1.82) is 0 Å². The maximum atomic E-state index is 10.6. The van der Waals surface area contributed by atoms with Crippen molar-refractivity contribution in [1.82, 2.24) is 0 Å². The summed E-state index contributed by atoms with van der Waals surface area (Å²) in [6.45, 7) is -0.247. The number of halogens is 1. The van der Waals surface area contributed by atoms with Gasteiger partial charge < -0.3 is 4.74 Å². The number of rotatable bonds is 2. The largest absolute Gasteiger partial charge is 0.496 e. The zero-order valence-corrected chi connectivity index (χ0v) is 7.72. The molecule has 0 aromatic heterocycles. The predicted molar refractivity (Wildman–Crippen MR) is 45.1 cm³/mol. The fraction of sp³-hybridized carbons (Fsp3) is 0.250. The molecule has 0 spiro atoms. The van der Waals surface area contributed by atoms with Gasteiger partial charge in [-0.05, 0) is 18.2 Å². The Bertz CT molecular complexity index is 248. The van der Waals surface area contributed by atoms with Crippen molar-refractivity contribution in [2.24, 2.45) is 0 Å². The van der Waals surface area contributed by atoms with Crippen LogP contribution in [0.2, 0.25) is 0 Å². The van der Waals surface area contributed by atoms with Crippen LogP contribution in [-0.4, -0.2) is 7.11 Å². The molecule has 1 radical (unpaired) electrons. The molecule has 0 saturated carbocycles. The Balaban J connectivity index is 3.06. The first kappa shape index (κ1) is 8.56. The molecule has 1 rings (SSSR count). The van der Waals surface area contributed by atoms with Crippen LogP contribution in [0.25, 0.3) is 0 Å². The van der Waals surface area contributed by atoms with Crippen molar-refractivity contribution in [2.45, 2.75) is 6.61 Å². The Labute approximate surface area is 73.9 Å². The SMILES string of the molecule is COc1ccc(Br)cc1C[O]. The van der Waals surface area contributed by atoms with Crippen molar-refractivity contribution in [2.75, 3.05) is 7.11 Å². The van der Waals surface area contributed by atoms with E-state index in [1.54, 1.807) is 19.2 Å². The first-order valence-electron chi connectivity index (χ1n) is 3.18. The number of methoxy groups -OCH3 is 1. The summed E-state index contributed by atoms with van der Waals surface area (Å²) in [5.41, 5.74) is 0.682. The summed E-state index contributed by atoms with van der Waals surface area (Å²) in [4.78, 5) is 0. The second-order valence-electron chi connectivity index (χ2n) is 2.10. The Hall–Kier alpha value is -0.540. The van der Waals surface area contributed by atoms with Gasteiger partial charge in [0, 0.05) is 10.0 Å². The predicted octanol–water partition coefficient (Wildman–Crippen LogP) is 2.39. The number of hydrogen-bond donors (Lipinski definition) is 0.